The van der Waals surface area contributed by atoms with Crippen molar-refractivity contribution in [3.8, 4) is 0 Å². The van der Waals surface area contributed by atoms with Gasteiger partial charge >= 0.3 is 6.18 Å². The lowest BCUT2D eigenvalue weighted by atomic mass is 9.81. The lowest BCUT2D eigenvalue weighted by Crippen LogP contribution is -2.33. The SMILES string of the molecule is FC(F)(F)[C@H]1CCCC(CNCc2ccccc2)C1. The van der Waals surface area contributed by atoms with Crippen molar-refractivity contribution >= 4 is 0 Å². The van der Waals surface area contributed by atoms with Gasteiger partial charge in [0.2, 0.25) is 0 Å². The Labute approximate surface area is 112 Å². The van der Waals surface area contributed by atoms with Gasteiger partial charge < -0.3 is 5.32 Å². The van der Waals surface area contributed by atoms with E-state index >= 15 is 0 Å². The van der Waals surface area contributed by atoms with Crippen molar-refractivity contribution in [1.82, 2.24) is 5.32 Å². The van der Waals surface area contributed by atoms with Crippen LogP contribution in [0.4, 0.5) is 13.2 Å². The van der Waals surface area contributed by atoms with E-state index in [1.165, 1.54) is 5.56 Å². The van der Waals surface area contributed by atoms with Gasteiger partial charge in [0.1, 0.15) is 0 Å². The van der Waals surface area contributed by atoms with Gasteiger partial charge in [0, 0.05) is 6.54 Å². The maximum absolute atomic E-state index is 12.7. The van der Waals surface area contributed by atoms with E-state index in [1.54, 1.807) is 0 Å². The summed E-state index contributed by atoms with van der Waals surface area (Å²) >= 11 is 0. The zero-order chi connectivity index (χ0) is 13.7. The molecule has 2 atom stereocenters. The number of alkyl halides is 3. The fraction of sp³-hybridized carbons (Fsp3) is 0.600. The Morgan fingerprint density at radius 1 is 1.11 bits per heavy atom. The molecule has 0 radical (unpaired) electrons. The predicted molar refractivity (Wildman–Crippen MR) is 69.7 cm³/mol. The van der Waals surface area contributed by atoms with Gasteiger partial charge in [0.15, 0.2) is 0 Å². The third kappa shape index (κ3) is 4.53. The summed E-state index contributed by atoms with van der Waals surface area (Å²) in [6.07, 6.45) is -1.82. The highest BCUT2D eigenvalue weighted by Gasteiger charge is 2.41. The molecule has 0 aromatic heterocycles. The van der Waals surface area contributed by atoms with Gasteiger partial charge in [-0.3, -0.25) is 0 Å². The van der Waals surface area contributed by atoms with Crippen LogP contribution in [0.3, 0.4) is 0 Å². The number of rotatable bonds is 4. The van der Waals surface area contributed by atoms with Crippen LogP contribution in [0.15, 0.2) is 30.3 Å². The first-order valence-electron chi connectivity index (χ1n) is 6.87. The summed E-state index contributed by atoms with van der Waals surface area (Å²) in [6, 6.07) is 9.94. The molecule has 19 heavy (non-hydrogen) atoms. The Bertz CT molecular complexity index is 375. The molecule has 1 aliphatic carbocycles. The van der Waals surface area contributed by atoms with Crippen LogP contribution in [-0.4, -0.2) is 12.7 Å². The van der Waals surface area contributed by atoms with Crippen molar-refractivity contribution in [2.75, 3.05) is 6.54 Å². The lowest BCUT2D eigenvalue weighted by Gasteiger charge is -2.30. The number of hydrogen-bond donors (Lipinski definition) is 1. The minimum Gasteiger partial charge on any atom is -0.312 e. The third-order valence-corrected chi connectivity index (χ3v) is 3.85. The zero-order valence-electron chi connectivity index (χ0n) is 10.9. The molecule has 1 N–H and O–H groups in total. The molecule has 1 aromatic carbocycles. The van der Waals surface area contributed by atoms with Gasteiger partial charge in [0.25, 0.3) is 0 Å². The molecule has 0 saturated heterocycles. The van der Waals surface area contributed by atoms with Crippen LogP contribution in [0.25, 0.3) is 0 Å². The molecule has 1 nitrogen and oxygen atoms in total. The van der Waals surface area contributed by atoms with Gasteiger partial charge in [0.05, 0.1) is 5.92 Å². The van der Waals surface area contributed by atoms with E-state index in [-0.39, 0.29) is 12.3 Å². The minimum absolute atomic E-state index is 0.157. The van der Waals surface area contributed by atoms with Gasteiger partial charge in [-0.05, 0) is 37.3 Å². The normalized spacial score (nSPS) is 24.4. The molecular weight excluding hydrogens is 251 g/mol. The fourth-order valence-corrected chi connectivity index (χ4v) is 2.79. The number of nitrogens with one attached hydrogen (secondary N) is 1. The second-order valence-corrected chi connectivity index (χ2v) is 5.39. The fourth-order valence-electron chi connectivity index (χ4n) is 2.79. The van der Waals surface area contributed by atoms with Crippen molar-refractivity contribution in [2.45, 2.75) is 38.4 Å². The molecule has 1 unspecified atom stereocenters. The van der Waals surface area contributed by atoms with Crippen LogP contribution < -0.4 is 5.32 Å². The average Bonchev–Trinajstić information content (AvgIpc) is 2.39. The molecule has 106 valence electrons. The summed E-state index contributed by atoms with van der Waals surface area (Å²) in [5, 5.41) is 3.28. The van der Waals surface area contributed by atoms with E-state index < -0.39 is 12.1 Å². The minimum atomic E-state index is -4.02. The van der Waals surface area contributed by atoms with Crippen molar-refractivity contribution in [2.24, 2.45) is 11.8 Å². The molecule has 1 aliphatic rings. The van der Waals surface area contributed by atoms with Crippen molar-refractivity contribution in [1.29, 1.82) is 0 Å². The maximum Gasteiger partial charge on any atom is 0.391 e. The van der Waals surface area contributed by atoms with E-state index in [4.69, 9.17) is 0 Å². The summed E-state index contributed by atoms with van der Waals surface area (Å²) in [7, 11) is 0. The topological polar surface area (TPSA) is 12.0 Å². The Balaban J connectivity index is 1.74. The first-order valence-corrected chi connectivity index (χ1v) is 6.87. The standard InChI is InChI=1S/C15H20F3N/c16-15(17,18)14-8-4-7-13(9-14)11-19-10-12-5-2-1-3-6-12/h1-3,5-6,13-14,19H,4,7-11H2/t13?,14-/m0/s1. The Morgan fingerprint density at radius 2 is 1.84 bits per heavy atom. The lowest BCUT2D eigenvalue weighted by molar-refractivity contribution is -0.185. The highest BCUT2D eigenvalue weighted by Crippen LogP contribution is 2.39. The number of halogens is 3. The van der Waals surface area contributed by atoms with Crippen LogP contribution in [0.5, 0.6) is 0 Å². The highest BCUT2D eigenvalue weighted by molar-refractivity contribution is 5.14. The molecular formula is C15H20F3N. The van der Waals surface area contributed by atoms with E-state index in [0.29, 0.717) is 19.4 Å². The first-order chi connectivity index (χ1) is 9.05. The zero-order valence-corrected chi connectivity index (χ0v) is 10.9. The van der Waals surface area contributed by atoms with Crippen molar-refractivity contribution < 1.29 is 13.2 Å². The van der Waals surface area contributed by atoms with Crippen molar-refractivity contribution in [3.05, 3.63) is 35.9 Å². The summed E-state index contributed by atoms with van der Waals surface area (Å²) in [4.78, 5) is 0. The summed E-state index contributed by atoms with van der Waals surface area (Å²) in [5.74, 6) is -0.936. The van der Waals surface area contributed by atoms with E-state index in [2.05, 4.69) is 5.32 Å². The highest BCUT2D eigenvalue weighted by atomic mass is 19.4. The van der Waals surface area contributed by atoms with Gasteiger partial charge in [-0.25, -0.2) is 0 Å². The molecule has 1 saturated carbocycles. The van der Waals surface area contributed by atoms with Crippen LogP contribution in [0.2, 0.25) is 0 Å². The molecule has 1 fully saturated rings. The molecule has 0 bridgehead atoms. The smallest absolute Gasteiger partial charge is 0.312 e. The van der Waals surface area contributed by atoms with Crippen LogP contribution in [-0.2, 0) is 6.54 Å². The number of benzene rings is 1. The first kappa shape index (κ1) is 14.4. The third-order valence-electron chi connectivity index (χ3n) is 3.85. The molecule has 0 heterocycles. The number of hydrogen-bond acceptors (Lipinski definition) is 1. The largest absolute Gasteiger partial charge is 0.391 e. The average molecular weight is 271 g/mol. The summed E-state index contributed by atoms with van der Waals surface area (Å²) < 4.78 is 38.0. The Morgan fingerprint density at radius 3 is 2.53 bits per heavy atom. The van der Waals surface area contributed by atoms with Gasteiger partial charge in [-0.15, -0.1) is 0 Å². The molecule has 0 aliphatic heterocycles. The van der Waals surface area contributed by atoms with Crippen LogP contribution in [0.1, 0.15) is 31.2 Å². The summed E-state index contributed by atoms with van der Waals surface area (Å²) in [6.45, 7) is 1.41. The van der Waals surface area contributed by atoms with E-state index in [0.717, 1.165) is 13.0 Å². The second-order valence-electron chi connectivity index (χ2n) is 5.39. The van der Waals surface area contributed by atoms with Gasteiger partial charge in [-0.2, -0.15) is 13.2 Å². The van der Waals surface area contributed by atoms with Crippen molar-refractivity contribution in [3.63, 3.8) is 0 Å². The van der Waals surface area contributed by atoms with Gasteiger partial charge in [-0.1, -0.05) is 36.8 Å². The predicted octanol–water partition coefficient (Wildman–Crippen LogP) is 4.14. The van der Waals surface area contributed by atoms with E-state index in [1.807, 2.05) is 30.3 Å². The molecule has 1 aromatic rings. The molecule has 0 amide bonds. The Hall–Kier alpha value is -1.03. The quantitative estimate of drug-likeness (QED) is 0.867. The summed E-state index contributed by atoms with van der Waals surface area (Å²) in [5.41, 5.74) is 1.17. The monoisotopic (exact) mass is 271 g/mol. The van der Waals surface area contributed by atoms with E-state index in [9.17, 15) is 13.2 Å². The molecule has 0 spiro atoms. The Kier molecular flexibility index (Phi) is 4.86. The second kappa shape index (κ2) is 6.42. The molecule has 4 heteroatoms. The van der Waals surface area contributed by atoms with Crippen LogP contribution >= 0.6 is 0 Å². The maximum atomic E-state index is 12.7. The van der Waals surface area contributed by atoms with Crippen LogP contribution in [0, 0.1) is 11.8 Å². The molecule has 2 rings (SSSR count).